The second kappa shape index (κ2) is 9.37. The molecule has 0 radical (unpaired) electrons. The number of hydrogen-bond acceptors (Lipinski definition) is 4. The molecule has 1 aromatic carbocycles. The van der Waals surface area contributed by atoms with E-state index in [4.69, 9.17) is 23.2 Å². The fraction of sp³-hybridized carbons (Fsp3) is 0.333. The number of amides is 1. The molecule has 0 aliphatic carbocycles. The van der Waals surface area contributed by atoms with Gasteiger partial charge in [0.15, 0.2) is 0 Å². The van der Waals surface area contributed by atoms with Gasteiger partial charge in [0.1, 0.15) is 5.69 Å². The first-order chi connectivity index (χ1) is 14.2. The Hall–Kier alpha value is -2.09. The topological polar surface area (TPSA) is 91.9 Å². The number of hydrogen-bond donors (Lipinski definition) is 2. The molecule has 0 aliphatic heterocycles. The van der Waals surface area contributed by atoms with Crippen molar-refractivity contribution in [3.8, 4) is 0 Å². The third kappa shape index (κ3) is 5.33. The van der Waals surface area contributed by atoms with Crippen LogP contribution in [0.2, 0.25) is 10.0 Å². The van der Waals surface area contributed by atoms with Crippen LogP contribution < -0.4 is 4.72 Å². The van der Waals surface area contributed by atoms with Gasteiger partial charge in [-0.3, -0.25) is 4.79 Å². The van der Waals surface area contributed by atoms with Crippen molar-refractivity contribution in [2.45, 2.75) is 39.5 Å². The van der Waals surface area contributed by atoms with Gasteiger partial charge in [0.2, 0.25) is 10.0 Å². The Morgan fingerprint density at radius 2 is 1.93 bits per heavy atom. The molecule has 0 atom stereocenters. The average molecular weight is 468 g/mol. The third-order valence-corrected chi connectivity index (χ3v) is 6.75. The van der Waals surface area contributed by atoms with Crippen molar-refractivity contribution in [2.24, 2.45) is 0 Å². The molecule has 0 fully saturated rings. The van der Waals surface area contributed by atoms with Gasteiger partial charge in [0.05, 0.1) is 16.8 Å². The summed E-state index contributed by atoms with van der Waals surface area (Å²) in [4.78, 5) is 20.2. The maximum Gasteiger partial charge on any atom is 0.283 e. The molecule has 0 spiro atoms. The molecule has 0 bridgehead atoms. The first-order valence-corrected chi connectivity index (χ1v) is 12.1. The number of rotatable bonds is 8. The van der Waals surface area contributed by atoms with Crippen molar-refractivity contribution >= 4 is 50.2 Å². The van der Waals surface area contributed by atoms with E-state index in [-0.39, 0.29) is 11.4 Å². The Kier molecular flexibility index (Phi) is 7.06. The summed E-state index contributed by atoms with van der Waals surface area (Å²) in [5.41, 5.74) is 4.07. The van der Waals surface area contributed by atoms with Crippen LogP contribution in [-0.2, 0) is 16.4 Å². The van der Waals surface area contributed by atoms with Crippen molar-refractivity contribution in [1.82, 2.24) is 14.7 Å². The number of aromatic amines is 1. The number of carbonyl (C=O) groups is 1. The monoisotopic (exact) mass is 467 g/mol. The van der Waals surface area contributed by atoms with E-state index in [9.17, 15) is 13.2 Å². The van der Waals surface area contributed by atoms with Crippen LogP contribution in [0.1, 0.15) is 53.5 Å². The molecule has 30 heavy (non-hydrogen) atoms. The fourth-order valence-electron chi connectivity index (χ4n) is 3.23. The van der Waals surface area contributed by atoms with Crippen molar-refractivity contribution in [1.29, 1.82) is 0 Å². The summed E-state index contributed by atoms with van der Waals surface area (Å²) in [6.07, 6.45) is 2.69. The van der Waals surface area contributed by atoms with Gasteiger partial charge >= 0.3 is 0 Å². The van der Waals surface area contributed by atoms with Crippen molar-refractivity contribution in [3.63, 3.8) is 0 Å². The summed E-state index contributed by atoms with van der Waals surface area (Å²) in [5.74, 6) is -0.819. The Labute approximate surface area is 186 Å². The van der Waals surface area contributed by atoms with Crippen LogP contribution in [-0.4, -0.2) is 30.0 Å². The predicted molar refractivity (Wildman–Crippen MR) is 121 cm³/mol. The first-order valence-electron chi connectivity index (χ1n) is 9.67. The van der Waals surface area contributed by atoms with Crippen LogP contribution >= 0.6 is 23.2 Å². The Morgan fingerprint density at radius 3 is 2.63 bits per heavy atom. The van der Waals surface area contributed by atoms with Crippen LogP contribution in [0.15, 0.2) is 30.3 Å². The van der Waals surface area contributed by atoms with Gasteiger partial charge in [-0.1, -0.05) is 49.0 Å². The number of aromatic nitrogens is 2. The molecular formula is C21H23Cl2N3O3S. The summed E-state index contributed by atoms with van der Waals surface area (Å²) < 4.78 is 26.4. The number of H-pyrrole nitrogens is 1. The highest BCUT2D eigenvalue weighted by molar-refractivity contribution is 7.90. The molecule has 3 rings (SSSR count). The zero-order valence-electron chi connectivity index (χ0n) is 16.8. The van der Waals surface area contributed by atoms with E-state index in [1.54, 1.807) is 18.2 Å². The molecule has 0 saturated carbocycles. The Morgan fingerprint density at radius 1 is 1.17 bits per heavy atom. The number of halogens is 2. The van der Waals surface area contributed by atoms with Gasteiger partial charge in [-0.2, -0.15) is 0 Å². The average Bonchev–Trinajstić information content (AvgIpc) is 2.98. The lowest BCUT2D eigenvalue weighted by molar-refractivity contribution is 0.0977. The van der Waals surface area contributed by atoms with E-state index in [1.165, 1.54) is 6.07 Å². The lowest BCUT2D eigenvalue weighted by Gasteiger charge is -2.07. The van der Waals surface area contributed by atoms with E-state index in [1.807, 2.05) is 19.9 Å². The Balaban J connectivity index is 1.88. The number of carbonyl (C=O) groups excluding carboxylic acids is 1. The zero-order valence-corrected chi connectivity index (χ0v) is 19.1. The van der Waals surface area contributed by atoms with E-state index < -0.39 is 15.9 Å². The fourth-order valence-corrected chi connectivity index (χ4v) is 4.78. The molecule has 6 nitrogen and oxygen atoms in total. The molecule has 0 saturated heterocycles. The van der Waals surface area contributed by atoms with Gasteiger partial charge in [0, 0.05) is 27.7 Å². The molecule has 9 heteroatoms. The van der Waals surface area contributed by atoms with E-state index in [0.717, 1.165) is 35.2 Å². The first kappa shape index (κ1) is 22.6. The molecule has 2 aromatic heterocycles. The molecule has 1 amide bonds. The number of fused-ring (bicyclic) bond motifs is 1. The van der Waals surface area contributed by atoms with Crippen molar-refractivity contribution in [3.05, 3.63) is 62.9 Å². The second-order valence-electron chi connectivity index (χ2n) is 7.19. The highest BCUT2D eigenvalue weighted by Gasteiger charge is 2.19. The molecule has 2 N–H and O–H groups in total. The summed E-state index contributed by atoms with van der Waals surface area (Å²) in [5, 5.41) is 1.10. The van der Waals surface area contributed by atoms with Gasteiger partial charge in [0.25, 0.3) is 5.91 Å². The summed E-state index contributed by atoms with van der Waals surface area (Å²) in [7, 11) is -3.69. The van der Waals surface area contributed by atoms with Crippen molar-refractivity contribution < 1.29 is 13.2 Å². The largest absolute Gasteiger partial charge is 0.357 e. The van der Waals surface area contributed by atoms with E-state index >= 15 is 0 Å². The van der Waals surface area contributed by atoms with Gasteiger partial charge in [-0.05, 0) is 43.2 Å². The van der Waals surface area contributed by atoms with Crippen LogP contribution in [0.5, 0.6) is 0 Å². The summed E-state index contributed by atoms with van der Waals surface area (Å²) >= 11 is 12.3. The van der Waals surface area contributed by atoms with Crippen LogP contribution in [0.25, 0.3) is 11.0 Å². The maximum absolute atomic E-state index is 12.5. The summed E-state index contributed by atoms with van der Waals surface area (Å²) in [6, 6.07) is 8.53. The SMILES string of the molecule is CCCCCS(=O)(=O)NC(=O)c1ccc2[nH]c(C)c(Cc3ccc(Cl)cc3Cl)c2n1. The molecule has 2 heterocycles. The number of sulfonamides is 1. The van der Waals surface area contributed by atoms with E-state index in [2.05, 4.69) is 14.7 Å². The zero-order chi connectivity index (χ0) is 21.9. The number of pyridine rings is 1. The van der Waals surface area contributed by atoms with Gasteiger partial charge in [-0.25, -0.2) is 18.1 Å². The van der Waals surface area contributed by atoms with E-state index in [0.29, 0.717) is 28.4 Å². The minimum Gasteiger partial charge on any atom is -0.357 e. The quantitative estimate of drug-likeness (QED) is 0.454. The Bertz CT molecular complexity index is 1190. The number of nitrogens with one attached hydrogen (secondary N) is 2. The second-order valence-corrected chi connectivity index (χ2v) is 9.88. The molecular weight excluding hydrogens is 445 g/mol. The standard InChI is InChI=1S/C21H23Cl2N3O3S/c1-3-4-5-10-30(28,29)26-21(27)19-9-8-18-20(25-19)16(13(2)24-18)11-14-6-7-15(22)12-17(14)23/h6-9,12,24H,3-5,10-11H2,1-2H3,(H,26,27). The molecule has 3 aromatic rings. The lowest BCUT2D eigenvalue weighted by atomic mass is 10.0. The normalized spacial score (nSPS) is 11.7. The minimum absolute atomic E-state index is 0.0454. The highest BCUT2D eigenvalue weighted by Crippen LogP contribution is 2.28. The van der Waals surface area contributed by atoms with Crippen LogP contribution in [0.4, 0.5) is 0 Å². The number of benzene rings is 1. The molecule has 0 aliphatic rings. The number of unbranched alkanes of at least 4 members (excludes halogenated alkanes) is 2. The van der Waals surface area contributed by atoms with Crippen LogP contribution in [0.3, 0.4) is 0 Å². The predicted octanol–water partition coefficient (Wildman–Crippen LogP) is 5.02. The summed E-state index contributed by atoms with van der Waals surface area (Å²) in [6.45, 7) is 3.90. The van der Waals surface area contributed by atoms with Gasteiger partial charge in [-0.15, -0.1) is 0 Å². The smallest absolute Gasteiger partial charge is 0.283 e. The van der Waals surface area contributed by atoms with Crippen molar-refractivity contribution in [2.75, 3.05) is 5.75 Å². The molecule has 0 unspecified atom stereocenters. The number of aryl methyl sites for hydroxylation is 1. The third-order valence-electron chi connectivity index (χ3n) is 4.84. The van der Waals surface area contributed by atoms with Gasteiger partial charge < -0.3 is 4.98 Å². The molecule has 160 valence electrons. The minimum atomic E-state index is -3.69. The number of nitrogens with zero attached hydrogens (tertiary/aromatic N) is 1. The highest BCUT2D eigenvalue weighted by atomic mass is 35.5. The lowest BCUT2D eigenvalue weighted by Crippen LogP contribution is -2.33. The maximum atomic E-state index is 12.5. The van der Waals surface area contributed by atoms with Crippen LogP contribution in [0, 0.1) is 6.92 Å².